The van der Waals surface area contributed by atoms with Crippen LogP contribution in [-0.2, 0) is 4.74 Å². The van der Waals surface area contributed by atoms with E-state index in [0.29, 0.717) is 0 Å². The molecule has 1 fully saturated rings. The predicted molar refractivity (Wildman–Crippen MR) is 57.3 cm³/mol. The molecule has 90 valence electrons. The molecular weight excluding hydrogens is 210 g/mol. The number of ether oxygens (including phenoxy) is 1. The van der Waals surface area contributed by atoms with E-state index >= 15 is 0 Å². The first-order chi connectivity index (χ1) is 7.72. The molecule has 6 nitrogen and oxygen atoms in total. The van der Waals surface area contributed by atoms with Crippen molar-refractivity contribution in [2.75, 3.05) is 6.61 Å². The van der Waals surface area contributed by atoms with Crippen molar-refractivity contribution in [1.82, 2.24) is 5.32 Å². The summed E-state index contributed by atoms with van der Waals surface area (Å²) in [4.78, 5) is 22.0. The largest absolute Gasteiger partial charge is 0.452 e. The van der Waals surface area contributed by atoms with Gasteiger partial charge in [0.15, 0.2) is 0 Å². The van der Waals surface area contributed by atoms with Crippen LogP contribution in [0.1, 0.15) is 39.0 Å². The molecular formula is C10H17N3O3. The standard InChI is InChI=1S/C10H17N3O3/c1-2-16-10(15)13-12-9(14)11-8-6-4-3-5-7-8/h8H,2-7H2,1H3,(H,11,14)/b13-12+. The third kappa shape index (κ3) is 4.86. The van der Waals surface area contributed by atoms with Crippen molar-refractivity contribution in [2.24, 2.45) is 10.2 Å². The average molecular weight is 227 g/mol. The molecule has 0 unspecified atom stereocenters. The number of hydrogen-bond donors (Lipinski definition) is 1. The van der Waals surface area contributed by atoms with Crippen LogP contribution < -0.4 is 5.32 Å². The van der Waals surface area contributed by atoms with Gasteiger partial charge in [-0.05, 0) is 19.8 Å². The van der Waals surface area contributed by atoms with Gasteiger partial charge in [-0.25, -0.2) is 9.59 Å². The molecule has 0 bridgehead atoms. The molecule has 0 atom stereocenters. The van der Waals surface area contributed by atoms with Gasteiger partial charge in [0.05, 0.1) is 6.61 Å². The van der Waals surface area contributed by atoms with Gasteiger partial charge in [0.1, 0.15) is 0 Å². The van der Waals surface area contributed by atoms with E-state index in [1.54, 1.807) is 6.92 Å². The number of carbonyl (C=O) groups is 2. The Bertz CT molecular complexity index is 272. The molecule has 1 rings (SSSR count). The highest BCUT2D eigenvalue weighted by Crippen LogP contribution is 2.17. The Morgan fingerprint density at radius 3 is 2.56 bits per heavy atom. The first-order valence-corrected chi connectivity index (χ1v) is 5.61. The summed E-state index contributed by atoms with van der Waals surface area (Å²) < 4.78 is 4.50. The van der Waals surface area contributed by atoms with Crippen molar-refractivity contribution in [1.29, 1.82) is 0 Å². The van der Waals surface area contributed by atoms with E-state index in [4.69, 9.17) is 0 Å². The van der Waals surface area contributed by atoms with Crippen molar-refractivity contribution >= 4 is 12.1 Å². The lowest BCUT2D eigenvalue weighted by Gasteiger charge is -2.21. The topological polar surface area (TPSA) is 80.1 Å². The van der Waals surface area contributed by atoms with E-state index < -0.39 is 12.1 Å². The Hall–Kier alpha value is -1.46. The van der Waals surface area contributed by atoms with Crippen molar-refractivity contribution in [3.63, 3.8) is 0 Å². The van der Waals surface area contributed by atoms with Crippen LogP contribution in [0.3, 0.4) is 0 Å². The van der Waals surface area contributed by atoms with Crippen molar-refractivity contribution in [3.8, 4) is 0 Å². The maximum absolute atomic E-state index is 11.2. The molecule has 1 N–H and O–H groups in total. The molecule has 0 aromatic rings. The second-order valence-corrected chi connectivity index (χ2v) is 3.68. The lowest BCUT2D eigenvalue weighted by atomic mass is 9.96. The Labute approximate surface area is 94.5 Å². The molecule has 0 heterocycles. The van der Waals surface area contributed by atoms with Crippen molar-refractivity contribution < 1.29 is 14.3 Å². The fourth-order valence-corrected chi connectivity index (χ4v) is 1.69. The molecule has 1 aliphatic rings. The first-order valence-electron chi connectivity index (χ1n) is 5.61. The highest BCUT2D eigenvalue weighted by atomic mass is 16.5. The van der Waals surface area contributed by atoms with E-state index in [1.165, 1.54) is 6.42 Å². The molecule has 6 heteroatoms. The quantitative estimate of drug-likeness (QED) is 0.736. The first kappa shape index (κ1) is 12.6. The Morgan fingerprint density at radius 1 is 1.25 bits per heavy atom. The van der Waals surface area contributed by atoms with Crippen LogP contribution in [0.4, 0.5) is 9.59 Å². The molecule has 16 heavy (non-hydrogen) atoms. The van der Waals surface area contributed by atoms with E-state index in [0.717, 1.165) is 25.7 Å². The molecule has 0 saturated heterocycles. The maximum Gasteiger partial charge on any atom is 0.452 e. The van der Waals surface area contributed by atoms with Gasteiger partial charge in [0.2, 0.25) is 0 Å². The number of urea groups is 1. The summed E-state index contributed by atoms with van der Waals surface area (Å²) in [6, 6.07) is -0.401. The fraction of sp³-hybridized carbons (Fsp3) is 0.800. The Morgan fingerprint density at radius 2 is 1.94 bits per heavy atom. The zero-order valence-electron chi connectivity index (χ0n) is 9.44. The number of carbonyl (C=O) groups excluding carboxylic acids is 2. The monoisotopic (exact) mass is 227 g/mol. The number of amides is 3. The summed E-state index contributed by atoms with van der Waals surface area (Å²) >= 11 is 0. The molecule has 3 amide bonds. The molecule has 0 radical (unpaired) electrons. The number of hydrogen-bond acceptors (Lipinski definition) is 3. The van der Waals surface area contributed by atoms with E-state index in [2.05, 4.69) is 20.3 Å². The summed E-state index contributed by atoms with van der Waals surface area (Å²) in [5, 5.41) is 9.08. The zero-order valence-corrected chi connectivity index (χ0v) is 9.44. The van der Waals surface area contributed by atoms with Crippen LogP contribution >= 0.6 is 0 Å². The van der Waals surface area contributed by atoms with Crippen LogP contribution in [0.15, 0.2) is 10.2 Å². The number of rotatable bonds is 2. The van der Waals surface area contributed by atoms with Gasteiger partial charge >= 0.3 is 12.1 Å². The van der Waals surface area contributed by atoms with Gasteiger partial charge in [0, 0.05) is 6.04 Å². The molecule has 0 aromatic heterocycles. The second kappa shape index (κ2) is 6.92. The summed E-state index contributed by atoms with van der Waals surface area (Å²) in [5.41, 5.74) is 0. The molecule has 1 saturated carbocycles. The highest BCUT2D eigenvalue weighted by Gasteiger charge is 2.15. The van der Waals surface area contributed by atoms with Crippen LogP contribution in [-0.4, -0.2) is 24.8 Å². The Kier molecular flexibility index (Phi) is 5.45. The molecule has 1 aliphatic carbocycles. The molecule has 0 aromatic carbocycles. The van der Waals surface area contributed by atoms with E-state index in [1.807, 2.05) is 0 Å². The summed E-state index contributed by atoms with van der Waals surface area (Å²) in [6.45, 7) is 1.89. The lowest BCUT2D eigenvalue weighted by Crippen LogP contribution is -2.34. The fourth-order valence-electron chi connectivity index (χ4n) is 1.69. The van der Waals surface area contributed by atoms with E-state index in [-0.39, 0.29) is 12.6 Å². The minimum Gasteiger partial charge on any atom is -0.447 e. The van der Waals surface area contributed by atoms with E-state index in [9.17, 15) is 9.59 Å². The normalized spacial score (nSPS) is 17.3. The highest BCUT2D eigenvalue weighted by molar-refractivity contribution is 5.77. The van der Waals surface area contributed by atoms with Crippen LogP contribution in [0.5, 0.6) is 0 Å². The van der Waals surface area contributed by atoms with Gasteiger partial charge in [0.25, 0.3) is 0 Å². The second-order valence-electron chi connectivity index (χ2n) is 3.68. The van der Waals surface area contributed by atoms with Crippen LogP contribution in [0.2, 0.25) is 0 Å². The average Bonchev–Trinajstić information content (AvgIpc) is 2.28. The summed E-state index contributed by atoms with van der Waals surface area (Å²) in [5.74, 6) is 0. The summed E-state index contributed by atoms with van der Waals surface area (Å²) in [7, 11) is 0. The zero-order chi connectivity index (χ0) is 11.8. The number of nitrogens with one attached hydrogen (secondary N) is 1. The molecule has 0 spiro atoms. The van der Waals surface area contributed by atoms with Crippen molar-refractivity contribution in [3.05, 3.63) is 0 Å². The smallest absolute Gasteiger partial charge is 0.447 e. The number of nitrogens with zero attached hydrogens (tertiary/aromatic N) is 2. The lowest BCUT2D eigenvalue weighted by molar-refractivity contribution is 0.161. The van der Waals surface area contributed by atoms with Crippen LogP contribution in [0, 0.1) is 0 Å². The third-order valence-corrected chi connectivity index (χ3v) is 2.42. The number of azo groups is 1. The summed E-state index contributed by atoms with van der Waals surface area (Å²) in [6.07, 6.45) is 4.58. The SMILES string of the molecule is CCOC(=O)/N=N/C(=O)NC1CCCCC1. The van der Waals surface area contributed by atoms with Gasteiger partial charge in [-0.3, -0.25) is 0 Å². The Balaban J connectivity index is 2.26. The van der Waals surface area contributed by atoms with Gasteiger partial charge in [-0.2, -0.15) is 0 Å². The van der Waals surface area contributed by atoms with Crippen molar-refractivity contribution in [2.45, 2.75) is 45.1 Å². The maximum atomic E-state index is 11.2. The minimum absolute atomic E-state index is 0.169. The van der Waals surface area contributed by atoms with Gasteiger partial charge in [-0.15, -0.1) is 0 Å². The van der Waals surface area contributed by atoms with Crippen LogP contribution in [0.25, 0.3) is 0 Å². The van der Waals surface area contributed by atoms with Gasteiger partial charge in [-0.1, -0.05) is 29.5 Å². The van der Waals surface area contributed by atoms with Gasteiger partial charge < -0.3 is 10.1 Å². The minimum atomic E-state index is -0.832. The predicted octanol–water partition coefficient (Wildman–Crippen LogP) is 2.64. The third-order valence-electron chi connectivity index (χ3n) is 2.42. The molecule has 0 aliphatic heterocycles.